The van der Waals surface area contributed by atoms with Gasteiger partial charge in [0.25, 0.3) is 6.43 Å². The number of aryl methyl sites for hydroxylation is 1. The van der Waals surface area contributed by atoms with Gasteiger partial charge in [-0.15, -0.1) is 5.10 Å². The molecule has 0 saturated heterocycles. The molecule has 1 aromatic carbocycles. The molecule has 0 spiro atoms. The number of aromatic nitrogens is 4. The third kappa shape index (κ3) is 3.53. The number of alkyl halides is 2. The molecule has 3 rings (SSSR count). The molecule has 2 aromatic heterocycles. The van der Waals surface area contributed by atoms with Crippen molar-refractivity contribution in [2.75, 3.05) is 0 Å². The molecule has 0 unspecified atom stereocenters. The first-order valence-electron chi connectivity index (χ1n) is 7.07. The first kappa shape index (κ1) is 16.0. The van der Waals surface area contributed by atoms with Crippen LogP contribution in [0.25, 0.3) is 5.69 Å². The van der Waals surface area contributed by atoms with E-state index in [1.165, 1.54) is 16.9 Å². The fourth-order valence-electron chi connectivity index (χ4n) is 2.07. The Bertz CT molecular complexity index is 851. The van der Waals surface area contributed by atoms with E-state index in [1.54, 1.807) is 12.3 Å². The van der Waals surface area contributed by atoms with Crippen molar-refractivity contribution in [1.82, 2.24) is 20.0 Å². The largest absolute Gasteiger partial charge is 0.471 e. The lowest BCUT2D eigenvalue weighted by molar-refractivity contribution is 0.146. The number of rotatable bonds is 5. The third-order valence-corrected chi connectivity index (χ3v) is 3.28. The molecule has 24 heavy (non-hydrogen) atoms. The first-order chi connectivity index (χ1) is 11.5. The Morgan fingerprint density at radius 2 is 2.04 bits per heavy atom. The summed E-state index contributed by atoms with van der Waals surface area (Å²) in [7, 11) is 0. The first-order valence-corrected chi connectivity index (χ1v) is 7.07. The average Bonchev–Trinajstić information content (AvgIpc) is 3.02. The lowest BCUT2D eigenvalue weighted by atomic mass is 10.2. The molecule has 0 N–H and O–H groups in total. The predicted molar refractivity (Wildman–Crippen MR) is 79.6 cm³/mol. The zero-order valence-corrected chi connectivity index (χ0v) is 12.7. The van der Waals surface area contributed by atoms with Crippen molar-refractivity contribution in [3.63, 3.8) is 0 Å². The van der Waals surface area contributed by atoms with Crippen LogP contribution in [0.4, 0.5) is 13.2 Å². The standard InChI is InChI=1S/C16H13F3N4O/c1-10-4-5-20-15(6-10)24-9-11-8-23(22-21-11)12-2-3-14(17)13(7-12)16(18)19/h2-8,16H,9H2,1H3. The van der Waals surface area contributed by atoms with E-state index in [0.29, 0.717) is 17.3 Å². The van der Waals surface area contributed by atoms with Gasteiger partial charge in [-0.1, -0.05) is 5.21 Å². The van der Waals surface area contributed by atoms with Gasteiger partial charge < -0.3 is 4.74 Å². The van der Waals surface area contributed by atoms with Crippen molar-refractivity contribution in [1.29, 1.82) is 0 Å². The number of benzene rings is 1. The van der Waals surface area contributed by atoms with Gasteiger partial charge in [0.05, 0.1) is 17.4 Å². The second kappa shape index (κ2) is 6.69. The summed E-state index contributed by atoms with van der Waals surface area (Å²) in [5, 5.41) is 7.75. The SMILES string of the molecule is Cc1ccnc(OCc2cn(-c3ccc(F)c(C(F)F)c3)nn2)c1. The maximum atomic E-state index is 13.3. The summed E-state index contributed by atoms with van der Waals surface area (Å²) in [4.78, 5) is 4.06. The zero-order chi connectivity index (χ0) is 17.1. The van der Waals surface area contributed by atoms with Crippen molar-refractivity contribution < 1.29 is 17.9 Å². The van der Waals surface area contributed by atoms with Gasteiger partial charge in [0, 0.05) is 12.3 Å². The summed E-state index contributed by atoms with van der Waals surface area (Å²) < 4.78 is 45.6. The summed E-state index contributed by atoms with van der Waals surface area (Å²) in [6.07, 6.45) is 0.258. The fourth-order valence-corrected chi connectivity index (χ4v) is 2.07. The number of pyridine rings is 1. The maximum absolute atomic E-state index is 13.3. The number of hydrogen-bond donors (Lipinski definition) is 0. The van der Waals surface area contributed by atoms with Crippen molar-refractivity contribution in [2.45, 2.75) is 20.0 Å². The van der Waals surface area contributed by atoms with E-state index in [4.69, 9.17) is 4.74 Å². The Labute approximate surface area is 135 Å². The second-order valence-corrected chi connectivity index (χ2v) is 5.12. The Balaban J connectivity index is 1.75. The summed E-state index contributed by atoms with van der Waals surface area (Å²) in [6.45, 7) is 2.04. The fraction of sp³-hybridized carbons (Fsp3) is 0.188. The van der Waals surface area contributed by atoms with Gasteiger partial charge in [-0.25, -0.2) is 22.8 Å². The minimum atomic E-state index is -2.90. The van der Waals surface area contributed by atoms with E-state index in [-0.39, 0.29) is 6.61 Å². The summed E-state index contributed by atoms with van der Waals surface area (Å²) >= 11 is 0. The van der Waals surface area contributed by atoms with E-state index in [1.807, 2.05) is 13.0 Å². The topological polar surface area (TPSA) is 52.8 Å². The van der Waals surface area contributed by atoms with Crippen LogP contribution in [0, 0.1) is 12.7 Å². The van der Waals surface area contributed by atoms with Crippen LogP contribution in [-0.2, 0) is 6.61 Å². The van der Waals surface area contributed by atoms with Crippen molar-refractivity contribution in [2.24, 2.45) is 0 Å². The third-order valence-electron chi connectivity index (χ3n) is 3.28. The lowest BCUT2D eigenvalue weighted by Gasteiger charge is -2.05. The molecule has 0 fully saturated rings. The average molecular weight is 334 g/mol. The van der Waals surface area contributed by atoms with Crippen molar-refractivity contribution in [3.8, 4) is 11.6 Å². The molecule has 0 saturated carbocycles. The molecular weight excluding hydrogens is 321 g/mol. The van der Waals surface area contributed by atoms with Gasteiger partial charge in [0.2, 0.25) is 5.88 Å². The summed E-state index contributed by atoms with van der Waals surface area (Å²) in [5.74, 6) is -0.505. The highest BCUT2D eigenvalue weighted by Crippen LogP contribution is 2.24. The van der Waals surface area contributed by atoms with Crippen molar-refractivity contribution >= 4 is 0 Å². The number of ether oxygens (including phenoxy) is 1. The molecule has 0 radical (unpaired) electrons. The molecule has 124 valence electrons. The van der Waals surface area contributed by atoms with Gasteiger partial charge in [0.1, 0.15) is 18.1 Å². The minimum Gasteiger partial charge on any atom is -0.471 e. The summed E-state index contributed by atoms with van der Waals surface area (Å²) in [6, 6.07) is 6.99. The van der Waals surface area contributed by atoms with Gasteiger partial charge in [0.15, 0.2) is 0 Å². The number of halogens is 3. The van der Waals surface area contributed by atoms with Crippen LogP contribution in [0.2, 0.25) is 0 Å². The summed E-state index contributed by atoms with van der Waals surface area (Å²) in [5.41, 5.74) is 1.11. The minimum absolute atomic E-state index is 0.124. The van der Waals surface area contributed by atoms with Gasteiger partial charge in [-0.2, -0.15) is 0 Å². The van der Waals surface area contributed by atoms with Crippen LogP contribution < -0.4 is 4.74 Å². The Morgan fingerprint density at radius 3 is 2.79 bits per heavy atom. The Kier molecular flexibility index (Phi) is 4.45. The smallest absolute Gasteiger partial charge is 0.266 e. The van der Waals surface area contributed by atoms with E-state index in [9.17, 15) is 13.2 Å². The van der Waals surface area contributed by atoms with Crippen LogP contribution in [-0.4, -0.2) is 20.0 Å². The molecule has 0 aliphatic carbocycles. The molecule has 0 atom stereocenters. The highest BCUT2D eigenvalue weighted by molar-refractivity contribution is 5.36. The van der Waals surface area contributed by atoms with E-state index < -0.39 is 17.8 Å². The molecule has 2 heterocycles. The molecule has 0 amide bonds. The molecule has 0 aliphatic rings. The Hall–Kier alpha value is -2.90. The van der Waals surface area contributed by atoms with Crippen molar-refractivity contribution in [3.05, 3.63) is 65.4 Å². The quantitative estimate of drug-likeness (QED) is 0.715. The zero-order valence-electron chi connectivity index (χ0n) is 12.7. The van der Waals surface area contributed by atoms with Crippen LogP contribution in [0.5, 0.6) is 5.88 Å². The molecule has 0 aliphatic heterocycles. The monoisotopic (exact) mass is 334 g/mol. The van der Waals surface area contributed by atoms with E-state index >= 15 is 0 Å². The molecule has 8 heteroatoms. The highest BCUT2D eigenvalue weighted by Gasteiger charge is 2.15. The molecule has 0 bridgehead atoms. The van der Waals surface area contributed by atoms with Crippen LogP contribution in [0.1, 0.15) is 23.2 Å². The van der Waals surface area contributed by atoms with E-state index in [2.05, 4.69) is 15.3 Å². The van der Waals surface area contributed by atoms with Crippen LogP contribution >= 0.6 is 0 Å². The number of nitrogens with zero attached hydrogens (tertiary/aromatic N) is 4. The normalized spacial score (nSPS) is 11.0. The van der Waals surface area contributed by atoms with Gasteiger partial charge in [-0.3, -0.25) is 0 Å². The van der Waals surface area contributed by atoms with Gasteiger partial charge >= 0.3 is 0 Å². The predicted octanol–water partition coefficient (Wildman–Crippen LogP) is 3.63. The van der Waals surface area contributed by atoms with Gasteiger partial charge in [-0.05, 0) is 36.8 Å². The van der Waals surface area contributed by atoms with Crippen LogP contribution in [0.15, 0.2) is 42.7 Å². The molecule has 3 aromatic rings. The Morgan fingerprint density at radius 1 is 1.21 bits per heavy atom. The second-order valence-electron chi connectivity index (χ2n) is 5.12. The molecular formula is C16H13F3N4O. The highest BCUT2D eigenvalue weighted by atomic mass is 19.3. The van der Waals surface area contributed by atoms with E-state index in [0.717, 1.165) is 17.7 Å². The maximum Gasteiger partial charge on any atom is 0.266 e. The lowest BCUT2D eigenvalue weighted by Crippen LogP contribution is -1.99. The van der Waals surface area contributed by atoms with Crippen LogP contribution in [0.3, 0.4) is 0 Å². The number of hydrogen-bond acceptors (Lipinski definition) is 4. The molecule has 5 nitrogen and oxygen atoms in total.